The Balaban J connectivity index is 1.60. The number of fused-ring (bicyclic) bond motifs is 4. The van der Waals surface area contributed by atoms with Crippen LogP contribution in [0, 0.1) is 12.7 Å². The lowest BCUT2D eigenvalue weighted by molar-refractivity contribution is -0.160. The van der Waals surface area contributed by atoms with Crippen LogP contribution < -0.4 is 19.7 Å². The number of amides is 1. The zero-order valence-corrected chi connectivity index (χ0v) is 26.5. The lowest BCUT2D eigenvalue weighted by atomic mass is 9.97. The number of hydrogen-bond acceptors (Lipinski definition) is 8. The minimum absolute atomic E-state index is 0.0264. The number of rotatable bonds is 3. The third-order valence-electron chi connectivity index (χ3n) is 7.61. The first-order valence-corrected chi connectivity index (χ1v) is 15.2. The number of aromatic nitrogens is 3. The van der Waals surface area contributed by atoms with E-state index < -0.39 is 29.4 Å². The fourth-order valence-electron chi connectivity index (χ4n) is 5.62. The van der Waals surface area contributed by atoms with Gasteiger partial charge in [-0.1, -0.05) is 17.7 Å². The van der Waals surface area contributed by atoms with Crippen LogP contribution in [-0.4, -0.2) is 56.9 Å². The average molecular weight is 650 g/mol. The van der Waals surface area contributed by atoms with E-state index in [9.17, 15) is 19.1 Å². The van der Waals surface area contributed by atoms with Crippen molar-refractivity contribution in [2.24, 2.45) is 0 Å². The molecule has 2 aromatic heterocycles. The van der Waals surface area contributed by atoms with Crippen LogP contribution in [0.1, 0.15) is 60.6 Å². The average Bonchev–Trinajstić information content (AvgIpc) is 3.42. The van der Waals surface area contributed by atoms with Crippen LogP contribution in [-0.2, 0) is 16.1 Å². The van der Waals surface area contributed by atoms with Gasteiger partial charge in [-0.05, 0) is 58.4 Å². The number of carbonyl (C=O) groups is 2. The van der Waals surface area contributed by atoms with Crippen molar-refractivity contribution < 1.29 is 33.3 Å². The van der Waals surface area contributed by atoms with Gasteiger partial charge in [0.25, 0.3) is 5.91 Å². The second kappa shape index (κ2) is 12.3. The van der Waals surface area contributed by atoms with Gasteiger partial charge in [-0.15, -0.1) is 0 Å². The summed E-state index contributed by atoms with van der Waals surface area (Å²) in [6.07, 6.45) is 2.44. The summed E-state index contributed by atoms with van der Waals surface area (Å²) >= 11 is 7.21. The zero-order chi connectivity index (χ0) is 32.7. The van der Waals surface area contributed by atoms with Crippen LogP contribution in [0.5, 0.6) is 11.5 Å². The normalized spacial score (nSPS) is 16.5. The molecule has 0 saturated heterocycles. The molecule has 1 amide bonds. The SMILES string of the molecule is Cc1nc2cc3nn2c(c1[C@H](OC(C)(C)C)C(=O)O)-c1ccc2c(c1Cl)N(CC/C=C\Oc1cc(F)ccc1CNC3=O)CCO2. The number of carboxylic acid groups (broad SMARTS) is 1. The lowest BCUT2D eigenvalue weighted by Crippen LogP contribution is -2.33. The monoisotopic (exact) mass is 649 g/mol. The number of aryl methyl sites for hydroxylation is 1. The van der Waals surface area contributed by atoms with Crippen molar-refractivity contribution in [2.75, 3.05) is 24.6 Å². The Morgan fingerprint density at radius 2 is 1.98 bits per heavy atom. The molecule has 11 nitrogen and oxygen atoms in total. The number of nitrogens with one attached hydrogen (secondary N) is 1. The van der Waals surface area contributed by atoms with Crippen molar-refractivity contribution in [2.45, 2.75) is 52.4 Å². The van der Waals surface area contributed by atoms with Gasteiger partial charge in [0.1, 0.15) is 23.9 Å². The van der Waals surface area contributed by atoms with E-state index in [4.69, 9.17) is 25.8 Å². The zero-order valence-electron chi connectivity index (χ0n) is 25.8. The topological polar surface area (TPSA) is 128 Å². The number of anilines is 1. The number of ether oxygens (including phenoxy) is 3. The van der Waals surface area contributed by atoms with Crippen molar-refractivity contribution in [1.82, 2.24) is 19.9 Å². The molecule has 2 aliphatic heterocycles. The van der Waals surface area contributed by atoms with Crippen molar-refractivity contribution in [3.05, 3.63) is 82.1 Å². The van der Waals surface area contributed by atoms with Gasteiger partial charge in [-0.3, -0.25) is 4.79 Å². The van der Waals surface area contributed by atoms with E-state index in [1.165, 1.54) is 29.0 Å². The Morgan fingerprint density at radius 1 is 1.17 bits per heavy atom. The summed E-state index contributed by atoms with van der Waals surface area (Å²) in [5.41, 5.74) is 2.11. The fourth-order valence-corrected chi connectivity index (χ4v) is 5.98. The van der Waals surface area contributed by atoms with E-state index in [0.29, 0.717) is 70.7 Å². The summed E-state index contributed by atoms with van der Waals surface area (Å²) in [5.74, 6) is -1.39. The smallest absolute Gasteiger partial charge is 0.337 e. The van der Waals surface area contributed by atoms with E-state index in [2.05, 4.69) is 20.3 Å². The Kier molecular flexibility index (Phi) is 8.34. The van der Waals surface area contributed by atoms with Crippen molar-refractivity contribution in [3.8, 4) is 22.8 Å². The van der Waals surface area contributed by atoms with Crippen LogP contribution in [0.15, 0.2) is 48.7 Å². The van der Waals surface area contributed by atoms with Crippen molar-refractivity contribution in [1.29, 1.82) is 0 Å². The highest BCUT2D eigenvalue weighted by Crippen LogP contribution is 2.46. The molecule has 0 radical (unpaired) electrons. The molecule has 0 aliphatic carbocycles. The van der Waals surface area contributed by atoms with Gasteiger partial charge < -0.3 is 29.5 Å². The molecule has 4 bridgehead atoms. The third-order valence-corrected chi connectivity index (χ3v) is 8.00. The van der Waals surface area contributed by atoms with E-state index in [1.807, 2.05) is 6.08 Å². The van der Waals surface area contributed by atoms with Gasteiger partial charge in [-0.25, -0.2) is 18.7 Å². The molecule has 2 N–H and O–H groups in total. The largest absolute Gasteiger partial charge is 0.490 e. The number of halogens is 2. The van der Waals surface area contributed by atoms with Crippen LogP contribution in [0.3, 0.4) is 0 Å². The molecule has 0 fully saturated rings. The number of aliphatic carboxylic acids is 1. The van der Waals surface area contributed by atoms with Gasteiger partial charge in [0.05, 0.1) is 34.8 Å². The molecule has 2 aromatic carbocycles. The molecule has 0 saturated carbocycles. The Morgan fingerprint density at radius 3 is 2.74 bits per heavy atom. The van der Waals surface area contributed by atoms with Crippen molar-refractivity contribution in [3.63, 3.8) is 0 Å². The summed E-state index contributed by atoms with van der Waals surface area (Å²) in [6.45, 7) is 8.57. The van der Waals surface area contributed by atoms with Gasteiger partial charge in [0.15, 0.2) is 17.4 Å². The van der Waals surface area contributed by atoms with E-state index in [1.54, 1.807) is 45.9 Å². The van der Waals surface area contributed by atoms with E-state index in [-0.39, 0.29) is 23.6 Å². The highest BCUT2D eigenvalue weighted by Gasteiger charge is 2.35. The number of carbonyl (C=O) groups excluding carboxylic acids is 1. The molecular weight excluding hydrogens is 617 g/mol. The Hall–Kier alpha value is -4.68. The van der Waals surface area contributed by atoms with Gasteiger partial charge in [0.2, 0.25) is 0 Å². The third kappa shape index (κ3) is 6.10. The summed E-state index contributed by atoms with van der Waals surface area (Å²) in [7, 11) is 0. The molecule has 46 heavy (non-hydrogen) atoms. The second-order valence-electron chi connectivity index (χ2n) is 12.0. The molecule has 13 heteroatoms. The van der Waals surface area contributed by atoms with Crippen LogP contribution >= 0.6 is 11.6 Å². The minimum Gasteiger partial charge on any atom is -0.490 e. The molecule has 4 heterocycles. The molecule has 2 aliphatic rings. The van der Waals surface area contributed by atoms with Gasteiger partial charge in [-0.2, -0.15) is 5.10 Å². The number of hydrogen-bond donors (Lipinski definition) is 2. The van der Waals surface area contributed by atoms with E-state index in [0.717, 1.165) is 0 Å². The quantitative estimate of drug-likeness (QED) is 0.280. The van der Waals surface area contributed by atoms with Crippen molar-refractivity contribution >= 4 is 34.8 Å². The van der Waals surface area contributed by atoms with Crippen LogP contribution in [0.2, 0.25) is 5.02 Å². The molecule has 4 aromatic rings. The molecular formula is C33H33ClFN5O6. The van der Waals surface area contributed by atoms with Gasteiger partial charge >= 0.3 is 5.97 Å². The summed E-state index contributed by atoms with van der Waals surface area (Å²) in [4.78, 5) is 32.9. The van der Waals surface area contributed by atoms with Crippen LogP contribution in [0.4, 0.5) is 10.1 Å². The summed E-state index contributed by atoms with van der Waals surface area (Å²) < 4.78 is 33.3. The van der Waals surface area contributed by atoms with E-state index >= 15 is 0 Å². The Labute approximate surface area is 269 Å². The Bertz CT molecular complexity index is 1880. The molecule has 0 spiro atoms. The first kappa shape index (κ1) is 31.3. The molecule has 0 unspecified atom stereocenters. The highest BCUT2D eigenvalue weighted by atomic mass is 35.5. The number of nitrogens with zero attached hydrogens (tertiary/aromatic N) is 4. The summed E-state index contributed by atoms with van der Waals surface area (Å²) in [6, 6.07) is 9.14. The fraction of sp³-hybridized carbons (Fsp3) is 0.333. The minimum atomic E-state index is -1.44. The molecule has 1 atom stereocenters. The highest BCUT2D eigenvalue weighted by molar-refractivity contribution is 6.36. The van der Waals surface area contributed by atoms with Crippen LogP contribution in [0.25, 0.3) is 16.9 Å². The molecule has 6 rings (SSSR count). The number of benzene rings is 2. The maximum atomic E-state index is 14.1. The molecule has 240 valence electrons. The van der Waals surface area contributed by atoms with Gasteiger partial charge in [0, 0.05) is 47.6 Å². The lowest BCUT2D eigenvalue weighted by Gasteiger charge is -2.33. The maximum absolute atomic E-state index is 14.1. The first-order valence-electron chi connectivity index (χ1n) is 14.8. The predicted octanol–water partition coefficient (Wildman–Crippen LogP) is 5.86. The predicted molar refractivity (Wildman–Crippen MR) is 169 cm³/mol. The first-order chi connectivity index (χ1) is 21.9. The maximum Gasteiger partial charge on any atom is 0.337 e. The standard InChI is InChI=1S/C33H33ClFN5O6/c1-18-26(30(32(42)43)46-33(2,3)4)28-21-9-10-23-29(27(21)34)39(12-14-45-23)11-5-6-13-44-24-15-20(35)8-7-19(24)17-36-31(41)22-16-25(37-18)40(28)38-22/h6-10,13,15-16,30H,5,11-12,14,17H2,1-4H3,(H,36,41)(H,42,43)/b13-6-/t30-/m0/s1. The second-order valence-corrected chi connectivity index (χ2v) is 12.4. The number of carboxylic acids is 1. The summed E-state index contributed by atoms with van der Waals surface area (Å²) in [5, 5.41) is 18.2.